The molecule has 0 spiro atoms. The molecule has 0 bridgehead atoms. The van der Waals surface area contributed by atoms with Crippen LogP contribution < -0.4 is 10.6 Å². The Bertz CT molecular complexity index is 953. The smallest absolute Gasteiger partial charge is 0.407 e. The summed E-state index contributed by atoms with van der Waals surface area (Å²) in [6.07, 6.45) is -1.20. The van der Waals surface area contributed by atoms with Crippen LogP contribution in [0.5, 0.6) is 0 Å². The van der Waals surface area contributed by atoms with Gasteiger partial charge in [0.15, 0.2) is 0 Å². The summed E-state index contributed by atoms with van der Waals surface area (Å²) < 4.78 is 10.8. The average molecular weight is 487 g/mol. The van der Waals surface area contributed by atoms with Crippen molar-refractivity contribution in [1.29, 1.82) is 0 Å². The number of ether oxygens (including phenoxy) is 2. The predicted molar refractivity (Wildman–Crippen MR) is 131 cm³/mol. The molecule has 1 aliphatic carbocycles. The number of hydrogen-bond donors (Lipinski definition) is 3. The number of benzene rings is 2. The Morgan fingerprint density at radius 2 is 1.68 bits per heavy atom. The number of rotatable bonds is 13. The van der Waals surface area contributed by atoms with Crippen LogP contribution in [0.15, 0.2) is 48.5 Å². The van der Waals surface area contributed by atoms with Gasteiger partial charge >= 0.3 is 12.1 Å². The van der Waals surface area contributed by atoms with Gasteiger partial charge in [0.2, 0.25) is 5.91 Å². The van der Waals surface area contributed by atoms with Gasteiger partial charge in [-0.15, -0.1) is 0 Å². The fraction of sp³-hybridized carbons (Fsp3) is 0.400. The molecule has 2 amide bonds. The minimum Gasteiger partial charge on any atom is -0.481 e. The van der Waals surface area contributed by atoms with Crippen molar-refractivity contribution >= 4 is 29.7 Å². The van der Waals surface area contributed by atoms with Crippen LogP contribution in [0.4, 0.5) is 4.79 Å². The van der Waals surface area contributed by atoms with E-state index in [0.717, 1.165) is 11.1 Å². The molecular formula is C25H30N2O6S. The molecule has 0 fully saturated rings. The quantitative estimate of drug-likeness (QED) is 0.373. The SMILES string of the molecule is CCOC(CNC(=O)CSCCNC(=O)OCC1c2ccccc2-c2ccccc21)CC(=O)O. The van der Waals surface area contributed by atoms with Gasteiger partial charge in [-0.3, -0.25) is 9.59 Å². The zero-order chi connectivity index (χ0) is 24.3. The van der Waals surface area contributed by atoms with Crippen LogP contribution in [0.25, 0.3) is 11.1 Å². The van der Waals surface area contributed by atoms with Crippen LogP contribution >= 0.6 is 11.8 Å². The highest BCUT2D eigenvalue weighted by atomic mass is 32.2. The lowest BCUT2D eigenvalue weighted by atomic mass is 9.98. The number of thioether (sulfide) groups is 1. The Balaban J connectivity index is 1.33. The standard InChI is InChI=1S/C25H30N2O6S/c1-2-32-17(13-24(29)30)14-27-23(28)16-34-12-11-26-25(31)33-15-22-20-9-5-3-7-18(20)19-8-4-6-10-21(19)22/h3-10,17,22H,2,11-16H2,1H3,(H,26,31)(H,27,28)(H,29,30). The van der Waals surface area contributed by atoms with Crippen LogP contribution in [0.1, 0.15) is 30.4 Å². The monoisotopic (exact) mass is 486 g/mol. The topological polar surface area (TPSA) is 114 Å². The molecule has 2 aromatic carbocycles. The number of alkyl carbamates (subject to hydrolysis) is 1. The summed E-state index contributed by atoms with van der Waals surface area (Å²) in [5, 5.41) is 14.3. The van der Waals surface area contributed by atoms with Crippen LogP contribution in [0.2, 0.25) is 0 Å². The number of amides is 2. The van der Waals surface area contributed by atoms with E-state index in [2.05, 4.69) is 34.9 Å². The van der Waals surface area contributed by atoms with Gasteiger partial charge in [0, 0.05) is 31.4 Å². The van der Waals surface area contributed by atoms with Crippen molar-refractivity contribution in [3.8, 4) is 11.1 Å². The maximum Gasteiger partial charge on any atom is 0.407 e. The third-order valence-electron chi connectivity index (χ3n) is 5.42. The largest absolute Gasteiger partial charge is 0.481 e. The molecule has 1 atom stereocenters. The van der Waals surface area contributed by atoms with Crippen LogP contribution in [-0.4, -0.2) is 67.0 Å². The number of nitrogens with one attached hydrogen (secondary N) is 2. The fourth-order valence-electron chi connectivity index (χ4n) is 3.94. The lowest BCUT2D eigenvalue weighted by Gasteiger charge is -2.15. The highest BCUT2D eigenvalue weighted by Gasteiger charge is 2.28. The van der Waals surface area contributed by atoms with E-state index in [9.17, 15) is 14.4 Å². The van der Waals surface area contributed by atoms with E-state index < -0.39 is 18.2 Å². The Morgan fingerprint density at radius 3 is 2.29 bits per heavy atom. The molecule has 0 radical (unpaired) electrons. The van der Waals surface area contributed by atoms with E-state index in [1.165, 1.54) is 22.9 Å². The van der Waals surface area contributed by atoms with Gasteiger partial charge < -0.3 is 25.2 Å². The summed E-state index contributed by atoms with van der Waals surface area (Å²) in [6.45, 7) is 2.93. The van der Waals surface area contributed by atoms with Crippen LogP contribution in [0, 0.1) is 0 Å². The maximum atomic E-state index is 12.2. The summed E-state index contributed by atoms with van der Waals surface area (Å²) in [6, 6.07) is 16.3. The van der Waals surface area contributed by atoms with Gasteiger partial charge in [-0.2, -0.15) is 11.8 Å². The number of carboxylic acids is 1. The Kier molecular flexibility index (Phi) is 9.78. The number of carboxylic acid groups (broad SMARTS) is 1. The van der Waals surface area contributed by atoms with E-state index in [0.29, 0.717) is 18.9 Å². The van der Waals surface area contributed by atoms with Crippen molar-refractivity contribution in [3.63, 3.8) is 0 Å². The molecule has 2 aromatic rings. The van der Waals surface area contributed by atoms with E-state index in [-0.39, 0.29) is 37.2 Å². The predicted octanol–water partition coefficient (Wildman–Crippen LogP) is 3.25. The van der Waals surface area contributed by atoms with E-state index in [1.54, 1.807) is 6.92 Å². The van der Waals surface area contributed by atoms with Crippen molar-refractivity contribution in [2.45, 2.75) is 25.4 Å². The second-order valence-electron chi connectivity index (χ2n) is 7.78. The molecule has 8 nitrogen and oxygen atoms in total. The van der Waals surface area contributed by atoms with Crippen molar-refractivity contribution in [2.75, 3.05) is 37.8 Å². The summed E-state index contributed by atoms with van der Waals surface area (Å²) in [5.41, 5.74) is 4.68. The molecular weight excluding hydrogens is 456 g/mol. The second-order valence-corrected chi connectivity index (χ2v) is 8.89. The van der Waals surface area contributed by atoms with Crippen LogP contribution in [0.3, 0.4) is 0 Å². The zero-order valence-corrected chi connectivity index (χ0v) is 19.9. The molecule has 0 aliphatic heterocycles. The van der Waals surface area contributed by atoms with Crippen molar-refractivity contribution in [1.82, 2.24) is 10.6 Å². The Labute approximate surface area is 203 Å². The summed E-state index contributed by atoms with van der Waals surface area (Å²) >= 11 is 1.37. The molecule has 0 heterocycles. The van der Waals surface area contributed by atoms with Gasteiger partial charge in [-0.25, -0.2) is 4.79 Å². The van der Waals surface area contributed by atoms with Gasteiger partial charge in [0.1, 0.15) is 6.61 Å². The number of carbonyl (C=O) groups is 3. The molecule has 0 saturated heterocycles. The van der Waals surface area contributed by atoms with E-state index in [4.69, 9.17) is 14.6 Å². The number of fused-ring (bicyclic) bond motifs is 3. The van der Waals surface area contributed by atoms with Crippen molar-refractivity contribution in [2.24, 2.45) is 0 Å². The second kappa shape index (κ2) is 13.0. The number of carbonyl (C=O) groups excluding carboxylic acids is 2. The summed E-state index contributed by atoms with van der Waals surface area (Å²) in [5.74, 6) is -0.416. The first kappa shape index (κ1) is 25.6. The summed E-state index contributed by atoms with van der Waals surface area (Å²) in [4.78, 5) is 34.9. The molecule has 1 aliphatic rings. The molecule has 1 unspecified atom stereocenters. The molecule has 182 valence electrons. The minimum absolute atomic E-state index is 0.0119. The van der Waals surface area contributed by atoms with Gasteiger partial charge in [-0.05, 0) is 29.2 Å². The third-order valence-corrected chi connectivity index (χ3v) is 6.38. The normalized spacial score (nSPS) is 13.0. The number of hydrogen-bond acceptors (Lipinski definition) is 6. The fourth-order valence-corrected chi connectivity index (χ4v) is 4.62. The molecule has 3 rings (SSSR count). The first-order chi connectivity index (χ1) is 16.5. The van der Waals surface area contributed by atoms with Crippen molar-refractivity contribution in [3.05, 3.63) is 59.7 Å². The van der Waals surface area contributed by atoms with Crippen molar-refractivity contribution < 1.29 is 29.0 Å². The van der Waals surface area contributed by atoms with Gasteiger partial charge in [0.25, 0.3) is 0 Å². The first-order valence-electron chi connectivity index (χ1n) is 11.3. The third kappa shape index (κ3) is 7.23. The molecule has 3 N–H and O–H groups in total. The maximum absolute atomic E-state index is 12.2. The zero-order valence-electron chi connectivity index (χ0n) is 19.1. The first-order valence-corrected chi connectivity index (χ1v) is 12.4. The van der Waals surface area contributed by atoms with Gasteiger partial charge in [0.05, 0.1) is 18.3 Å². The molecule has 0 aromatic heterocycles. The summed E-state index contributed by atoms with van der Waals surface area (Å²) in [7, 11) is 0. The Hall–Kier alpha value is -3.04. The molecule has 0 saturated carbocycles. The molecule has 34 heavy (non-hydrogen) atoms. The highest BCUT2D eigenvalue weighted by Crippen LogP contribution is 2.44. The number of aliphatic carboxylic acids is 1. The lowest BCUT2D eigenvalue weighted by Crippen LogP contribution is -2.36. The average Bonchev–Trinajstić information content (AvgIpc) is 3.14. The lowest BCUT2D eigenvalue weighted by molar-refractivity contribution is -0.140. The van der Waals surface area contributed by atoms with Gasteiger partial charge in [-0.1, -0.05) is 48.5 Å². The Morgan fingerprint density at radius 1 is 1.03 bits per heavy atom. The van der Waals surface area contributed by atoms with Crippen LogP contribution in [-0.2, 0) is 19.1 Å². The van der Waals surface area contributed by atoms with E-state index >= 15 is 0 Å². The van der Waals surface area contributed by atoms with E-state index in [1.807, 2.05) is 24.3 Å². The minimum atomic E-state index is -0.971. The molecule has 9 heteroatoms. The highest BCUT2D eigenvalue weighted by molar-refractivity contribution is 7.99.